The van der Waals surface area contributed by atoms with Crippen LogP contribution in [0, 0.1) is 25.2 Å². The molecule has 0 aliphatic heterocycles. The minimum Gasteiger partial charge on any atom is -0.350 e. The van der Waals surface area contributed by atoms with Crippen LogP contribution in [-0.4, -0.2) is 20.3 Å². The molecule has 3 aromatic rings. The fourth-order valence-electron chi connectivity index (χ4n) is 3.01. The first-order chi connectivity index (χ1) is 12.5. The quantitative estimate of drug-likeness (QED) is 0.732. The van der Waals surface area contributed by atoms with Crippen molar-refractivity contribution >= 4 is 11.6 Å². The molecule has 3 heterocycles. The van der Waals surface area contributed by atoms with Gasteiger partial charge < -0.3 is 14.7 Å². The van der Waals surface area contributed by atoms with Crippen LogP contribution in [-0.2, 0) is 17.8 Å². The summed E-state index contributed by atoms with van der Waals surface area (Å²) in [4.78, 5) is 31.0. The molecule has 1 amide bonds. The van der Waals surface area contributed by atoms with E-state index < -0.39 is 0 Å². The Morgan fingerprint density at radius 1 is 1.38 bits per heavy atom. The first kappa shape index (κ1) is 17.4. The monoisotopic (exact) mass is 349 g/mol. The molecule has 3 rings (SSSR count). The Bertz CT molecular complexity index is 1040. The van der Waals surface area contributed by atoms with Gasteiger partial charge in [0.25, 0.3) is 5.56 Å². The van der Waals surface area contributed by atoms with E-state index in [0.29, 0.717) is 24.2 Å². The van der Waals surface area contributed by atoms with Gasteiger partial charge in [-0.3, -0.25) is 9.59 Å². The van der Waals surface area contributed by atoms with Crippen LogP contribution in [0.3, 0.4) is 0 Å². The highest BCUT2D eigenvalue weighted by atomic mass is 16.1. The third-order valence-electron chi connectivity index (χ3n) is 4.40. The zero-order chi connectivity index (χ0) is 18.7. The first-order valence-electron chi connectivity index (χ1n) is 8.31. The zero-order valence-corrected chi connectivity index (χ0v) is 14.7. The lowest BCUT2D eigenvalue weighted by atomic mass is 9.99. The topological polar surface area (TPSA) is 103 Å². The van der Waals surface area contributed by atoms with Gasteiger partial charge in [-0.2, -0.15) is 5.26 Å². The predicted molar refractivity (Wildman–Crippen MR) is 96.6 cm³/mol. The van der Waals surface area contributed by atoms with E-state index in [0.717, 1.165) is 16.9 Å². The van der Waals surface area contributed by atoms with Gasteiger partial charge in [0, 0.05) is 24.5 Å². The molecule has 132 valence electrons. The van der Waals surface area contributed by atoms with Crippen LogP contribution < -0.4 is 10.9 Å². The standard InChI is InChI=1S/C19H19N5O2/c1-12-15(13(2)22-19(26)16(12)9-20)6-7-18(25)21-10-14-11-24-8-4-3-5-17(24)23-14/h3-5,8,11H,6-7,10H2,1-2H3,(H,21,25)(H,22,26). The average molecular weight is 349 g/mol. The maximum Gasteiger partial charge on any atom is 0.266 e. The van der Waals surface area contributed by atoms with Gasteiger partial charge in [-0.05, 0) is 43.5 Å². The van der Waals surface area contributed by atoms with E-state index in [4.69, 9.17) is 5.26 Å². The molecule has 0 saturated carbocycles. The van der Waals surface area contributed by atoms with E-state index in [1.54, 1.807) is 13.8 Å². The first-order valence-corrected chi connectivity index (χ1v) is 8.31. The van der Waals surface area contributed by atoms with E-state index in [-0.39, 0.29) is 23.5 Å². The number of H-pyrrole nitrogens is 1. The van der Waals surface area contributed by atoms with Crippen molar-refractivity contribution in [2.24, 2.45) is 0 Å². The number of carbonyl (C=O) groups excluding carboxylic acids is 1. The van der Waals surface area contributed by atoms with Gasteiger partial charge in [0.2, 0.25) is 5.91 Å². The normalized spacial score (nSPS) is 10.7. The number of carbonyl (C=O) groups is 1. The minimum atomic E-state index is -0.387. The Kier molecular flexibility index (Phi) is 4.85. The molecule has 0 atom stereocenters. The van der Waals surface area contributed by atoms with E-state index >= 15 is 0 Å². The summed E-state index contributed by atoms with van der Waals surface area (Å²) >= 11 is 0. The summed E-state index contributed by atoms with van der Waals surface area (Å²) in [6, 6.07) is 7.66. The lowest BCUT2D eigenvalue weighted by Crippen LogP contribution is -2.24. The molecule has 0 spiro atoms. The summed E-state index contributed by atoms with van der Waals surface area (Å²) in [5.74, 6) is -0.106. The smallest absolute Gasteiger partial charge is 0.266 e. The van der Waals surface area contributed by atoms with Gasteiger partial charge in [-0.1, -0.05) is 6.07 Å². The lowest BCUT2D eigenvalue weighted by Gasteiger charge is -2.10. The number of aromatic nitrogens is 3. The third-order valence-corrected chi connectivity index (χ3v) is 4.40. The number of aromatic amines is 1. The zero-order valence-electron chi connectivity index (χ0n) is 14.7. The molecule has 0 unspecified atom stereocenters. The number of hydrogen-bond acceptors (Lipinski definition) is 4. The number of hydrogen-bond donors (Lipinski definition) is 2. The second-order valence-corrected chi connectivity index (χ2v) is 6.14. The second kappa shape index (κ2) is 7.23. The Morgan fingerprint density at radius 3 is 2.92 bits per heavy atom. The molecular weight excluding hydrogens is 330 g/mol. The van der Waals surface area contributed by atoms with Gasteiger partial charge >= 0.3 is 0 Å². The van der Waals surface area contributed by atoms with Crippen LogP contribution in [0.25, 0.3) is 5.65 Å². The molecule has 0 aliphatic carbocycles. The van der Waals surface area contributed by atoms with Crippen molar-refractivity contribution < 1.29 is 4.79 Å². The molecule has 0 bridgehead atoms. The summed E-state index contributed by atoms with van der Waals surface area (Å²) < 4.78 is 1.90. The SMILES string of the molecule is Cc1[nH]c(=O)c(C#N)c(C)c1CCC(=O)NCc1cn2ccccc2n1. The molecule has 7 heteroatoms. The summed E-state index contributed by atoms with van der Waals surface area (Å²) in [7, 11) is 0. The average Bonchev–Trinajstić information content (AvgIpc) is 3.02. The van der Waals surface area contributed by atoms with Crippen LogP contribution in [0.5, 0.6) is 0 Å². The molecule has 7 nitrogen and oxygen atoms in total. The number of imidazole rings is 1. The molecular formula is C19H19N5O2. The van der Waals surface area contributed by atoms with E-state index in [1.165, 1.54) is 0 Å². The van der Waals surface area contributed by atoms with Gasteiger partial charge in [-0.25, -0.2) is 4.98 Å². The van der Waals surface area contributed by atoms with Crippen LogP contribution in [0.15, 0.2) is 35.4 Å². The van der Waals surface area contributed by atoms with Gasteiger partial charge in [-0.15, -0.1) is 0 Å². The fourth-order valence-corrected chi connectivity index (χ4v) is 3.01. The molecule has 0 fully saturated rings. The number of pyridine rings is 2. The molecule has 0 saturated heterocycles. The van der Waals surface area contributed by atoms with Crippen molar-refractivity contribution in [1.82, 2.24) is 19.7 Å². The fraction of sp³-hybridized carbons (Fsp3) is 0.263. The molecule has 26 heavy (non-hydrogen) atoms. The maximum absolute atomic E-state index is 12.2. The van der Waals surface area contributed by atoms with E-state index in [2.05, 4.69) is 15.3 Å². The highest BCUT2D eigenvalue weighted by Gasteiger charge is 2.13. The number of nitrogens with zero attached hydrogens (tertiary/aromatic N) is 3. The maximum atomic E-state index is 12.2. The Hall–Kier alpha value is -3.40. The molecule has 2 N–H and O–H groups in total. The number of amides is 1. The Balaban J connectivity index is 1.63. The number of nitriles is 1. The summed E-state index contributed by atoms with van der Waals surface area (Å²) in [5.41, 5.74) is 3.51. The van der Waals surface area contributed by atoms with Gasteiger partial charge in [0.15, 0.2) is 0 Å². The van der Waals surface area contributed by atoms with Crippen molar-refractivity contribution in [3.05, 3.63) is 69.0 Å². The van der Waals surface area contributed by atoms with Gasteiger partial charge in [0.05, 0.1) is 12.2 Å². The molecule has 3 aromatic heterocycles. The molecule has 0 aliphatic rings. The summed E-state index contributed by atoms with van der Waals surface area (Å²) in [6.07, 6.45) is 4.51. The lowest BCUT2D eigenvalue weighted by molar-refractivity contribution is -0.121. The molecule has 0 aromatic carbocycles. The van der Waals surface area contributed by atoms with Crippen molar-refractivity contribution in [2.45, 2.75) is 33.2 Å². The predicted octanol–water partition coefficient (Wildman–Crippen LogP) is 1.76. The highest BCUT2D eigenvalue weighted by molar-refractivity contribution is 5.76. The Labute approximate surface area is 150 Å². The number of nitrogens with one attached hydrogen (secondary N) is 2. The van der Waals surface area contributed by atoms with Crippen molar-refractivity contribution in [2.75, 3.05) is 0 Å². The van der Waals surface area contributed by atoms with Crippen LogP contribution in [0.4, 0.5) is 0 Å². The van der Waals surface area contributed by atoms with E-state index in [9.17, 15) is 9.59 Å². The van der Waals surface area contributed by atoms with Crippen LogP contribution in [0.2, 0.25) is 0 Å². The molecule has 0 radical (unpaired) electrons. The van der Waals surface area contributed by atoms with E-state index in [1.807, 2.05) is 41.1 Å². The summed E-state index contributed by atoms with van der Waals surface area (Å²) in [5, 5.41) is 12.0. The largest absolute Gasteiger partial charge is 0.350 e. The Morgan fingerprint density at radius 2 is 2.19 bits per heavy atom. The van der Waals surface area contributed by atoms with Crippen molar-refractivity contribution in [1.29, 1.82) is 5.26 Å². The second-order valence-electron chi connectivity index (χ2n) is 6.14. The van der Waals surface area contributed by atoms with Crippen LogP contribution in [0.1, 0.15) is 34.5 Å². The minimum absolute atomic E-state index is 0.106. The van der Waals surface area contributed by atoms with Gasteiger partial charge in [0.1, 0.15) is 17.3 Å². The van der Waals surface area contributed by atoms with Crippen LogP contribution >= 0.6 is 0 Å². The highest BCUT2D eigenvalue weighted by Crippen LogP contribution is 2.15. The number of rotatable bonds is 5. The summed E-state index contributed by atoms with van der Waals surface area (Å²) in [6.45, 7) is 3.87. The third kappa shape index (κ3) is 3.49. The number of aryl methyl sites for hydroxylation is 1. The van der Waals surface area contributed by atoms with Crippen molar-refractivity contribution in [3.8, 4) is 6.07 Å². The number of fused-ring (bicyclic) bond motifs is 1. The van der Waals surface area contributed by atoms with Crippen molar-refractivity contribution in [3.63, 3.8) is 0 Å².